The fourth-order valence-corrected chi connectivity index (χ4v) is 7.10. The van der Waals surface area contributed by atoms with Crippen LogP contribution in [-0.4, -0.2) is 38.1 Å². The monoisotopic (exact) mass is 650 g/mol. The molecular formula is C44H42O5. The predicted octanol–water partition coefficient (Wildman–Crippen LogP) is 9.91. The number of hydrogen-bond donors (Lipinski definition) is 1. The molecule has 7 aromatic rings. The van der Waals surface area contributed by atoms with Gasteiger partial charge in [0.05, 0.1) is 20.8 Å². The largest absolute Gasteiger partial charge is 0.497 e. The van der Waals surface area contributed by atoms with Gasteiger partial charge in [0.15, 0.2) is 0 Å². The normalized spacial score (nSPS) is 13.1. The first-order chi connectivity index (χ1) is 24.0. The van der Waals surface area contributed by atoms with Gasteiger partial charge in [0.25, 0.3) is 0 Å². The summed E-state index contributed by atoms with van der Waals surface area (Å²) in [6.45, 7) is 2.19. The lowest BCUT2D eigenvalue weighted by Crippen LogP contribution is -2.41. The predicted molar refractivity (Wildman–Crippen MR) is 198 cm³/mol. The van der Waals surface area contributed by atoms with E-state index in [4.69, 9.17) is 18.9 Å². The van der Waals surface area contributed by atoms with Crippen LogP contribution in [0.25, 0.3) is 32.3 Å². The number of ether oxygens (including phenoxy) is 4. The number of hydrogen-bond acceptors (Lipinski definition) is 5. The second kappa shape index (κ2) is 14.2. The van der Waals surface area contributed by atoms with Gasteiger partial charge in [0.2, 0.25) is 0 Å². The average Bonchev–Trinajstić information content (AvgIpc) is 3.17. The first kappa shape index (κ1) is 32.4. The van der Waals surface area contributed by atoms with Gasteiger partial charge >= 0.3 is 0 Å². The third kappa shape index (κ3) is 6.16. The second-order valence-electron chi connectivity index (χ2n) is 12.6. The minimum atomic E-state index is -1.04. The van der Waals surface area contributed by atoms with Crippen molar-refractivity contribution in [1.29, 1.82) is 0 Å². The number of rotatable bonds is 14. The smallest absolute Gasteiger partial charge is 0.143 e. The van der Waals surface area contributed by atoms with E-state index in [-0.39, 0.29) is 6.61 Å². The van der Waals surface area contributed by atoms with Crippen LogP contribution in [0.1, 0.15) is 42.9 Å². The van der Waals surface area contributed by atoms with E-state index in [9.17, 15) is 5.11 Å². The van der Waals surface area contributed by atoms with E-state index in [0.717, 1.165) is 52.2 Å². The number of aliphatic hydroxyl groups excluding tert-OH is 1. The van der Waals surface area contributed by atoms with E-state index in [2.05, 4.69) is 67.6 Å². The van der Waals surface area contributed by atoms with Crippen LogP contribution in [0, 0.1) is 0 Å². The highest BCUT2D eigenvalue weighted by Crippen LogP contribution is 2.43. The zero-order valence-corrected chi connectivity index (χ0v) is 28.3. The summed E-state index contributed by atoms with van der Waals surface area (Å²) in [5, 5.41) is 19.1. The minimum absolute atomic E-state index is 0.0349. The number of benzene rings is 7. The highest BCUT2D eigenvalue weighted by atomic mass is 16.5. The van der Waals surface area contributed by atoms with E-state index in [1.54, 1.807) is 14.2 Å². The van der Waals surface area contributed by atoms with E-state index >= 15 is 0 Å². The van der Waals surface area contributed by atoms with E-state index in [0.29, 0.717) is 6.42 Å². The molecule has 1 N–H and O–H groups in total. The molecule has 0 amide bonds. The molecule has 2 unspecified atom stereocenters. The van der Waals surface area contributed by atoms with E-state index in [1.165, 1.54) is 26.9 Å². The van der Waals surface area contributed by atoms with Crippen LogP contribution in [0.3, 0.4) is 0 Å². The zero-order chi connectivity index (χ0) is 33.8. The number of unbranched alkanes of at least 4 members (excludes halogenated alkanes) is 1. The quantitative estimate of drug-likeness (QED) is 0.0938. The molecule has 49 heavy (non-hydrogen) atoms. The summed E-state index contributed by atoms with van der Waals surface area (Å²) in [7, 11) is 3.32. The molecule has 0 saturated carbocycles. The van der Waals surface area contributed by atoms with Crippen molar-refractivity contribution in [2.45, 2.75) is 44.0 Å². The summed E-state index contributed by atoms with van der Waals surface area (Å²) in [6, 6.07) is 45.3. The number of methoxy groups -OCH3 is 2. The molecule has 0 aliphatic heterocycles. The Morgan fingerprint density at radius 3 is 1.73 bits per heavy atom. The Kier molecular flexibility index (Phi) is 9.38. The van der Waals surface area contributed by atoms with Crippen LogP contribution in [0.5, 0.6) is 17.2 Å². The number of aliphatic hydroxyl groups is 1. The molecule has 5 heteroatoms. The Labute approximate surface area is 288 Å². The second-order valence-corrected chi connectivity index (χ2v) is 12.6. The van der Waals surface area contributed by atoms with Crippen molar-refractivity contribution in [3.63, 3.8) is 0 Å². The van der Waals surface area contributed by atoms with E-state index < -0.39 is 17.8 Å². The average molecular weight is 651 g/mol. The van der Waals surface area contributed by atoms with Gasteiger partial charge in [-0.25, -0.2) is 0 Å². The summed E-state index contributed by atoms with van der Waals surface area (Å²) in [4.78, 5) is 0. The van der Waals surface area contributed by atoms with Gasteiger partial charge in [-0.15, -0.1) is 0 Å². The first-order valence-corrected chi connectivity index (χ1v) is 17.1. The molecule has 2 atom stereocenters. The maximum Gasteiger partial charge on any atom is 0.143 e. The van der Waals surface area contributed by atoms with Crippen molar-refractivity contribution >= 4 is 32.3 Å². The van der Waals surface area contributed by atoms with Crippen LogP contribution in [0.4, 0.5) is 0 Å². The highest BCUT2D eigenvalue weighted by molar-refractivity contribution is 6.24. The molecular weight excluding hydrogens is 608 g/mol. The van der Waals surface area contributed by atoms with Crippen molar-refractivity contribution in [2.75, 3.05) is 20.8 Å². The maximum absolute atomic E-state index is 12.0. The first-order valence-electron chi connectivity index (χ1n) is 17.1. The third-order valence-electron chi connectivity index (χ3n) is 9.68. The van der Waals surface area contributed by atoms with Crippen molar-refractivity contribution in [2.24, 2.45) is 0 Å². The topological polar surface area (TPSA) is 57.2 Å². The van der Waals surface area contributed by atoms with Gasteiger partial charge < -0.3 is 24.1 Å². The molecule has 0 bridgehead atoms. The van der Waals surface area contributed by atoms with Crippen molar-refractivity contribution in [3.8, 4) is 17.2 Å². The van der Waals surface area contributed by atoms with Gasteiger partial charge in [-0.1, -0.05) is 110 Å². The summed E-state index contributed by atoms with van der Waals surface area (Å²) in [5.41, 5.74) is 1.72. The van der Waals surface area contributed by atoms with Crippen LogP contribution in [0.2, 0.25) is 0 Å². The summed E-state index contributed by atoms with van der Waals surface area (Å²) in [6.07, 6.45) is 1.18. The van der Waals surface area contributed by atoms with Crippen molar-refractivity contribution in [1.82, 2.24) is 0 Å². The lowest BCUT2D eigenvalue weighted by Gasteiger charge is -2.37. The van der Waals surface area contributed by atoms with Gasteiger partial charge in [-0.2, -0.15) is 0 Å². The molecule has 0 saturated heterocycles. The Morgan fingerprint density at radius 1 is 0.592 bits per heavy atom. The van der Waals surface area contributed by atoms with Crippen molar-refractivity contribution in [3.05, 3.63) is 150 Å². The minimum Gasteiger partial charge on any atom is -0.497 e. The molecule has 0 heterocycles. The fourth-order valence-electron chi connectivity index (χ4n) is 7.10. The Bertz CT molecular complexity index is 2060. The van der Waals surface area contributed by atoms with Crippen LogP contribution >= 0.6 is 0 Å². The Balaban J connectivity index is 1.27. The Hall–Kier alpha value is -5.10. The molecule has 0 aliphatic carbocycles. The fraction of sp³-hybridized carbons (Fsp3) is 0.227. The van der Waals surface area contributed by atoms with Crippen LogP contribution in [0.15, 0.2) is 133 Å². The molecule has 5 nitrogen and oxygen atoms in total. The summed E-state index contributed by atoms with van der Waals surface area (Å²) >= 11 is 0. The molecule has 7 aromatic carbocycles. The highest BCUT2D eigenvalue weighted by Gasteiger charge is 2.39. The summed E-state index contributed by atoms with van der Waals surface area (Å²) < 4.78 is 24.9. The Morgan fingerprint density at radius 2 is 1.14 bits per heavy atom. The van der Waals surface area contributed by atoms with Crippen molar-refractivity contribution < 1.29 is 24.1 Å². The molecule has 0 aromatic heterocycles. The molecule has 248 valence electrons. The molecule has 7 rings (SSSR count). The standard InChI is InChI=1S/C44H42O5/c1-4-5-14-41(49-40-28-18-32-16-15-30-10-9-11-31-17-27-38(40)43(32)42(30)31)39(45)29-48-44(33-12-7-6-8-13-33,34-19-23-36(46-2)24-20-34)35-21-25-37(47-3)26-22-35/h6-13,15-28,39,41,45H,4-5,14,29H2,1-3H3. The molecule has 0 fully saturated rings. The maximum atomic E-state index is 12.0. The van der Waals surface area contributed by atoms with Gasteiger partial charge in [-0.05, 0) is 87.5 Å². The molecule has 0 radical (unpaired) electrons. The lowest BCUT2D eigenvalue weighted by atomic mass is 9.80. The van der Waals surface area contributed by atoms with Gasteiger partial charge in [-0.3, -0.25) is 0 Å². The van der Waals surface area contributed by atoms with Crippen LogP contribution in [-0.2, 0) is 10.3 Å². The van der Waals surface area contributed by atoms with Crippen LogP contribution < -0.4 is 14.2 Å². The lowest BCUT2D eigenvalue weighted by molar-refractivity contribution is -0.0735. The van der Waals surface area contributed by atoms with Gasteiger partial charge in [0.1, 0.15) is 35.1 Å². The van der Waals surface area contributed by atoms with E-state index in [1.807, 2.05) is 72.8 Å². The summed E-state index contributed by atoms with van der Waals surface area (Å²) in [5.74, 6) is 2.27. The third-order valence-corrected chi connectivity index (χ3v) is 9.68. The zero-order valence-electron chi connectivity index (χ0n) is 28.3. The SMILES string of the molecule is CCCCC(Oc1ccc2ccc3cccc4ccc1c2c34)C(O)COC(c1ccccc1)(c1ccc(OC)cc1)c1ccc(OC)cc1. The van der Waals surface area contributed by atoms with Gasteiger partial charge in [0, 0.05) is 10.8 Å². The molecule has 0 aliphatic rings. The molecule has 0 spiro atoms.